The molecular weight excluding hydrogens is 253 g/mol. The second kappa shape index (κ2) is 5.50. The van der Waals surface area contributed by atoms with Crippen molar-refractivity contribution in [3.63, 3.8) is 0 Å². The molecule has 2 aromatic rings. The maximum Gasteiger partial charge on any atom is 0.130 e. The fourth-order valence-corrected chi connectivity index (χ4v) is 2.10. The summed E-state index contributed by atoms with van der Waals surface area (Å²) >= 11 is 5.87. The van der Waals surface area contributed by atoms with Crippen molar-refractivity contribution in [2.75, 3.05) is 0 Å². The monoisotopic (exact) mass is 267 g/mol. The van der Waals surface area contributed by atoms with Gasteiger partial charge < -0.3 is 10.3 Å². The van der Waals surface area contributed by atoms with Gasteiger partial charge in [0.25, 0.3) is 0 Å². The van der Waals surface area contributed by atoms with Gasteiger partial charge in [-0.1, -0.05) is 18.5 Å². The first kappa shape index (κ1) is 13.1. The quantitative estimate of drug-likeness (QED) is 0.925. The fraction of sp³-hybridized carbons (Fsp3) is 0.308. The van der Waals surface area contributed by atoms with Crippen LogP contribution in [-0.2, 0) is 6.54 Å². The lowest BCUT2D eigenvalue weighted by Gasteiger charge is -2.15. The Morgan fingerprint density at radius 3 is 3.00 bits per heavy atom. The number of hydrogen-bond acceptors (Lipinski definition) is 2. The third-order valence-corrected chi connectivity index (χ3v) is 3.02. The Morgan fingerprint density at radius 1 is 1.50 bits per heavy atom. The minimum atomic E-state index is -0.606. The van der Waals surface area contributed by atoms with Crippen LogP contribution < -0.4 is 5.73 Å². The molecular formula is C13H15ClFN3. The van der Waals surface area contributed by atoms with Gasteiger partial charge in [0.15, 0.2) is 0 Å². The van der Waals surface area contributed by atoms with Gasteiger partial charge in [-0.05, 0) is 24.6 Å². The zero-order valence-electron chi connectivity index (χ0n) is 10.1. The number of nitrogens with two attached hydrogens (primary N) is 1. The van der Waals surface area contributed by atoms with Crippen molar-refractivity contribution in [3.05, 3.63) is 52.8 Å². The zero-order chi connectivity index (χ0) is 13.1. The highest BCUT2D eigenvalue weighted by Crippen LogP contribution is 2.24. The van der Waals surface area contributed by atoms with E-state index in [9.17, 15) is 4.39 Å². The molecule has 0 saturated heterocycles. The van der Waals surface area contributed by atoms with E-state index in [1.54, 1.807) is 12.3 Å². The number of nitrogens with zero attached hydrogens (tertiary/aromatic N) is 2. The summed E-state index contributed by atoms with van der Waals surface area (Å²) in [6.07, 6.45) is 4.49. The highest BCUT2D eigenvalue weighted by molar-refractivity contribution is 6.30. The van der Waals surface area contributed by atoms with Crippen LogP contribution in [0.1, 0.15) is 30.8 Å². The second-order valence-corrected chi connectivity index (χ2v) is 4.56. The summed E-state index contributed by atoms with van der Waals surface area (Å²) in [7, 11) is 0. The molecule has 0 spiro atoms. The first-order valence-corrected chi connectivity index (χ1v) is 6.22. The van der Waals surface area contributed by atoms with Gasteiger partial charge in [0.1, 0.15) is 11.6 Å². The first-order valence-electron chi connectivity index (χ1n) is 5.85. The molecule has 1 heterocycles. The molecule has 1 aromatic heterocycles. The molecule has 0 radical (unpaired) electrons. The van der Waals surface area contributed by atoms with E-state index in [4.69, 9.17) is 17.3 Å². The molecule has 2 rings (SSSR count). The minimum absolute atomic E-state index is 0.363. The van der Waals surface area contributed by atoms with Gasteiger partial charge >= 0.3 is 0 Å². The highest BCUT2D eigenvalue weighted by Gasteiger charge is 2.18. The Balaban J connectivity index is 2.38. The van der Waals surface area contributed by atoms with Gasteiger partial charge in [-0.3, -0.25) is 0 Å². The minimum Gasteiger partial charge on any atom is -0.333 e. The standard InChI is InChI=1S/C13H15ClFN3/c1-2-6-18-7-5-17-13(18)12(16)10-8-9(14)3-4-11(10)15/h3-5,7-8,12H,2,6,16H2,1H3. The van der Waals surface area contributed by atoms with Gasteiger partial charge in [0, 0.05) is 29.5 Å². The molecule has 0 aliphatic heterocycles. The van der Waals surface area contributed by atoms with E-state index < -0.39 is 6.04 Å². The van der Waals surface area contributed by atoms with Crippen molar-refractivity contribution < 1.29 is 4.39 Å². The van der Waals surface area contributed by atoms with Crippen LogP contribution in [0.4, 0.5) is 4.39 Å². The van der Waals surface area contributed by atoms with E-state index in [2.05, 4.69) is 11.9 Å². The average Bonchev–Trinajstić information content (AvgIpc) is 2.80. The van der Waals surface area contributed by atoms with Crippen LogP contribution in [0.5, 0.6) is 0 Å². The van der Waals surface area contributed by atoms with E-state index in [-0.39, 0.29) is 5.82 Å². The Hall–Kier alpha value is -1.39. The SMILES string of the molecule is CCCn1ccnc1C(N)c1cc(Cl)ccc1F. The number of hydrogen-bond donors (Lipinski definition) is 1. The Kier molecular flexibility index (Phi) is 3.99. The number of aryl methyl sites for hydroxylation is 1. The number of aromatic nitrogens is 2. The van der Waals surface area contributed by atoms with E-state index >= 15 is 0 Å². The lowest BCUT2D eigenvalue weighted by atomic mass is 10.1. The molecule has 18 heavy (non-hydrogen) atoms. The number of benzene rings is 1. The molecule has 5 heteroatoms. The average molecular weight is 268 g/mol. The third kappa shape index (κ3) is 2.54. The molecule has 2 N–H and O–H groups in total. The van der Waals surface area contributed by atoms with Gasteiger partial charge in [-0.25, -0.2) is 9.37 Å². The topological polar surface area (TPSA) is 43.8 Å². The summed E-state index contributed by atoms with van der Waals surface area (Å²) < 4.78 is 15.7. The molecule has 0 aliphatic rings. The molecule has 1 aromatic carbocycles. The highest BCUT2D eigenvalue weighted by atomic mass is 35.5. The predicted octanol–water partition coefficient (Wildman–Crippen LogP) is 3.13. The van der Waals surface area contributed by atoms with Gasteiger partial charge in [-0.15, -0.1) is 0 Å². The Bertz CT molecular complexity index is 539. The van der Waals surface area contributed by atoms with Gasteiger partial charge in [0.2, 0.25) is 0 Å². The van der Waals surface area contributed by atoms with Crippen LogP contribution in [0, 0.1) is 5.82 Å². The molecule has 0 amide bonds. The summed E-state index contributed by atoms with van der Waals surface area (Å²) in [5, 5.41) is 0.468. The van der Waals surface area contributed by atoms with Crippen LogP contribution >= 0.6 is 11.6 Å². The number of halogens is 2. The second-order valence-electron chi connectivity index (χ2n) is 4.12. The molecule has 3 nitrogen and oxygen atoms in total. The summed E-state index contributed by atoms with van der Waals surface area (Å²) in [6.45, 7) is 2.88. The van der Waals surface area contributed by atoms with Crippen molar-refractivity contribution >= 4 is 11.6 Å². The maximum atomic E-state index is 13.8. The summed E-state index contributed by atoms with van der Waals surface area (Å²) in [6, 6.07) is 3.77. The van der Waals surface area contributed by atoms with E-state index in [1.807, 2.05) is 10.8 Å². The fourth-order valence-electron chi connectivity index (χ4n) is 1.92. The lowest BCUT2D eigenvalue weighted by Crippen LogP contribution is -2.19. The van der Waals surface area contributed by atoms with Crippen molar-refractivity contribution in [2.24, 2.45) is 5.73 Å². The molecule has 0 bridgehead atoms. The molecule has 1 atom stereocenters. The van der Waals surface area contributed by atoms with E-state index in [0.29, 0.717) is 16.4 Å². The third-order valence-electron chi connectivity index (χ3n) is 2.78. The molecule has 0 aliphatic carbocycles. The van der Waals surface area contributed by atoms with Crippen molar-refractivity contribution in [1.29, 1.82) is 0 Å². The van der Waals surface area contributed by atoms with Crippen LogP contribution in [0.25, 0.3) is 0 Å². The normalized spacial score (nSPS) is 12.7. The zero-order valence-corrected chi connectivity index (χ0v) is 10.9. The van der Waals surface area contributed by atoms with Gasteiger partial charge in [-0.2, -0.15) is 0 Å². The van der Waals surface area contributed by atoms with Crippen molar-refractivity contribution in [3.8, 4) is 0 Å². The summed E-state index contributed by atoms with van der Waals surface area (Å²) in [5.41, 5.74) is 6.45. The van der Waals surface area contributed by atoms with Gasteiger partial charge in [0.05, 0.1) is 6.04 Å². The number of imidazole rings is 1. The Labute approximate surface area is 110 Å². The predicted molar refractivity (Wildman–Crippen MR) is 70.0 cm³/mol. The number of rotatable bonds is 4. The van der Waals surface area contributed by atoms with Crippen LogP contribution in [0.2, 0.25) is 5.02 Å². The first-order chi connectivity index (χ1) is 8.63. The molecule has 0 saturated carbocycles. The molecule has 0 fully saturated rings. The van der Waals surface area contributed by atoms with Crippen molar-refractivity contribution in [2.45, 2.75) is 25.9 Å². The van der Waals surface area contributed by atoms with Crippen LogP contribution in [0.3, 0.4) is 0 Å². The maximum absolute atomic E-state index is 13.8. The summed E-state index contributed by atoms with van der Waals surface area (Å²) in [4.78, 5) is 4.21. The van der Waals surface area contributed by atoms with E-state index in [1.165, 1.54) is 12.1 Å². The largest absolute Gasteiger partial charge is 0.333 e. The van der Waals surface area contributed by atoms with Crippen LogP contribution in [0.15, 0.2) is 30.6 Å². The molecule has 96 valence electrons. The molecule has 1 unspecified atom stereocenters. The smallest absolute Gasteiger partial charge is 0.130 e. The summed E-state index contributed by atoms with van der Waals surface area (Å²) in [5.74, 6) is 0.288. The van der Waals surface area contributed by atoms with Crippen LogP contribution in [-0.4, -0.2) is 9.55 Å². The lowest BCUT2D eigenvalue weighted by molar-refractivity contribution is 0.571. The van der Waals surface area contributed by atoms with Crippen molar-refractivity contribution in [1.82, 2.24) is 9.55 Å². The van der Waals surface area contributed by atoms with E-state index in [0.717, 1.165) is 13.0 Å². The Morgan fingerprint density at radius 2 is 2.28 bits per heavy atom.